The molecular formula is C33H41F2N5O4. The van der Waals surface area contributed by atoms with Crippen LogP contribution in [0, 0.1) is 5.41 Å². The number of aliphatic hydroxyl groups is 1. The second-order valence-corrected chi connectivity index (χ2v) is 12.1. The fourth-order valence-electron chi connectivity index (χ4n) is 6.97. The monoisotopic (exact) mass is 609 g/mol. The van der Waals surface area contributed by atoms with Crippen LogP contribution in [0.15, 0.2) is 77.4 Å². The maximum absolute atomic E-state index is 14.9. The van der Waals surface area contributed by atoms with Crippen LogP contribution in [0.5, 0.6) is 5.75 Å². The number of nitrogens with one attached hydrogen (secondary N) is 1. The molecule has 2 amide bonds. The van der Waals surface area contributed by atoms with Gasteiger partial charge in [-0.15, -0.1) is 0 Å². The van der Waals surface area contributed by atoms with Gasteiger partial charge in [0.2, 0.25) is 0 Å². The number of hydrogen-bond acceptors (Lipinski definition) is 6. The van der Waals surface area contributed by atoms with Gasteiger partial charge in [0.1, 0.15) is 11.6 Å². The number of halogens is 2. The summed E-state index contributed by atoms with van der Waals surface area (Å²) in [6, 6.07) is 7.92. The summed E-state index contributed by atoms with van der Waals surface area (Å²) in [6.45, 7) is 7.03. The van der Waals surface area contributed by atoms with E-state index in [0.29, 0.717) is 43.2 Å². The van der Waals surface area contributed by atoms with E-state index in [1.165, 1.54) is 23.9 Å². The van der Waals surface area contributed by atoms with Crippen molar-refractivity contribution in [1.82, 2.24) is 24.7 Å². The van der Waals surface area contributed by atoms with Gasteiger partial charge >= 0.3 is 6.03 Å². The van der Waals surface area contributed by atoms with Crippen LogP contribution in [0.3, 0.4) is 0 Å². The van der Waals surface area contributed by atoms with Gasteiger partial charge in [-0.05, 0) is 50.5 Å². The Morgan fingerprint density at radius 1 is 1.20 bits per heavy atom. The largest absolute Gasteiger partial charge is 0.496 e. The predicted octanol–water partition coefficient (Wildman–Crippen LogP) is 4.59. The molecule has 0 bridgehead atoms. The van der Waals surface area contributed by atoms with Crippen molar-refractivity contribution in [3.05, 3.63) is 83.0 Å². The minimum atomic E-state index is -1.23. The molecule has 2 aromatic rings. The molecule has 3 aliphatic rings. The van der Waals surface area contributed by atoms with Crippen molar-refractivity contribution < 1.29 is 23.4 Å². The highest BCUT2D eigenvalue weighted by atomic mass is 19.1. The summed E-state index contributed by atoms with van der Waals surface area (Å²) in [5, 5.41) is 15.4. The number of hydrogen-bond donors (Lipinski definition) is 2. The van der Waals surface area contributed by atoms with Crippen LogP contribution in [0.4, 0.5) is 13.6 Å². The maximum atomic E-state index is 14.9. The quantitative estimate of drug-likeness (QED) is 0.446. The highest BCUT2D eigenvalue weighted by Gasteiger charge is 2.56. The number of piperidine rings is 1. The summed E-state index contributed by atoms with van der Waals surface area (Å²) >= 11 is 0. The summed E-state index contributed by atoms with van der Waals surface area (Å²) in [4.78, 5) is 35.1. The zero-order chi connectivity index (χ0) is 31.5. The number of methoxy groups -OCH3 is 1. The third kappa shape index (κ3) is 6.21. The molecular weight excluding hydrogens is 568 g/mol. The van der Waals surface area contributed by atoms with Crippen molar-refractivity contribution in [2.45, 2.75) is 57.2 Å². The average Bonchev–Trinajstić information content (AvgIpc) is 3.51. The normalized spacial score (nSPS) is 24.1. The van der Waals surface area contributed by atoms with Gasteiger partial charge in [0, 0.05) is 55.3 Å². The van der Waals surface area contributed by atoms with Crippen molar-refractivity contribution >= 4 is 6.03 Å². The lowest BCUT2D eigenvalue weighted by Crippen LogP contribution is -2.65. The molecule has 236 valence electrons. The molecule has 1 aromatic heterocycles. The number of benzene rings is 1. The number of amides is 2. The fraction of sp³-hybridized carbons (Fsp3) is 0.485. The minimum absolute atomic E-state index is 0.0671. The van der Waals surface area contributed by atoms with Crippen molar-refractivity contribution in [2.75, 3.05) is 39.8 Å². The Balaban J connectivity index is 1.35. The second-order valence-electron chi connectivity index (χ2n) is 12.1. The van der Waals surface area contributed by atoms with Crippen LogP contribution < -0.4 is 15.6 Å². The van der Waals surface area contributed by atoms with Crippen molar-refractivity contribution in [3.63, 3.8) is 0 Å². The van der Waals surface area contributed by atoms with E-state index in [2.05, 4.69) is 16.9 Å². The molecule has 0 unspecified atom stereocenters. The van der Waals surface area contributed by atoms with Gasteiger partial charge in [-0.2, -0.15) is 0 Å². The Kier molecular flexibility index (Phi) is 9.36. The lowest BCUT2D eigenvalue weighted by Gasteiger charge is -2.53. The first-order valence-corrected chi connectivity index (χ1v) is 15.1. The number of nitrogens with zero attached hydrogens (tertiary/aromatic N) is 4. The van der Waals surface area contributed by atoms with Crippen molar-refractivity contribution in [2.24, 2.45) is 5.41 Å². The zero-order valence-electron chi connectivity index (χ0n) is 25.4. The third-order valence-electron chi connectivity index (χ3n) is 9.46. The molecule has 3 heterocycles. The Bertz CT molecular complexity index is 1510. The van der Waals surface area contributed by atoms with Crippen LogP contribution in [0.25, 0.3) is 11.3 Å². The Hall–Kier alpha value is -3.83. The number of aromatic nitrogens is 2. The van der Waals surface area contributed by atoms with E-state index in [-0.39, 0.29) is 36.7 Å². The van der Waals surface area contributed by atoms with Gasteiger partial charge in [0.05, 0.1) is 43.1 Å². The third-order valence-corrected chi connectivity index (χ3v) is 9.46. The van der Waals surface area contributed by atoms with Gasteiger partial charge < -0.3 is 25.0 Å². The summed E-state index contributed by atoms with van der Waals surface area (Å²) in [5.74, 6) is -0.598. The SMILES string of the molecule is C=C(/C(F)=C\C=C(/C)F)[C@@H]1CNCCN1C(=O)N1CC[C@@](O)(Cn2cnc(-c3ccccc3OC)cc2=O)C2(CCCC2)C1. The molecule has 9 nitrogen and oxygen atoms in total. The van der Waals surface area contributed by atoms with E-state index in [1.54, 1.807) is 23.0 Å². The molecule has 5 rings (SSSR count). The van der Waals surface area contributed by atoms with Crippen molar-refractivity contribution in [3.8, 4) is 17.0 Å². The molecule has 1 saturated carbocycles. The Morgan fingerprint density at radius 3 is 2.66 bits per heavy atom. The number of likely N-dealkylation sites (tertiary alicyclic amines) is 1. The number of rotatable bonds is 7. The van der Waals surface area contributed by atoms with Gasteiger partial charge in [0.25, 0.3) is 5.56 Å². The highest BCUT2D eigenvalue weighted by molar-refractivity contribution is 5.76. The number of piperazine rings is 1. The van der Waals surface area contributed by atoms with Crippen molar-refractivity contribution in [1.29, 1.82) is 0 Å². The van der Waals surface area contributed by atoms with Gasteiger partial charge in [-0.25, -0.2) is 18.6 Å². The first-order chi connectivity index (χ1) is 21.1. The van der Waals surface area contributed by atoms with Gasteiger partial charge in [-0.1, -0.05) is 31.6 Å². The van der Waals surface area contributed by atoms with E-state index >= 15 is 0 Å². The lowest BCUT2D eigenvalue weighted by atomic mass is 9.66. The van der Waals surface area contributed by atoms with E-state index in [4.69, 9.17) is 4.74 Å². The molecule has 0 radical (unpaired) electrons. The second kappa shape index (κ2) is 13.0. The van der Waals surface area contributed by atoms with Crippen LogP contribution >= 0.6 is 0 Å². The molecule has 2 atom stereocenters. The summed E-state index contributed by atoms with van der Waals surface area (Å²) in [7, 11) is 1.56. The Morgan fingerprint density at radius 2 is 1.95 bits per heavy atom. The molecule has 2 aliphatic heterocycles. The molecule has 1 aliphatic carbocycles. The van der Waals surface area contributed by atoms with Crippen LogP contribution in [0.1, 0.15) is 39.0 Å². The number of para-hydroxylation sites is 1. The predicted molar refractivity (Wildman–Crippen MR) is 164 cm³/mol. The van der Waals surface area contributed by atoms with E-state index in [1.807, 2.05) is 18.2 Å². The number of urea groups is 1. The molecule has 1 spiro atoms. The summed E-state index contributed by atoms with van der Waals surface area (Å²) in [5.41, 5.74) is -0.810. The van der Waals surface area contributed by atoms with Crippen LogP contribution in [-0.2, 0) is 6.54 Å². The number of allylic oxidation sites excluding steroid dienone is 3. The highest BCUT2D eigenvalue weighted by Crippen LogP contribution is 2.51. The molecule has 3 fully saturated rings. The number of carbonyl (C=O) groups excluding carboxylic acids is 1. The standard InChI is InChI=1S/C33H41F2N5O4/c1-23(34)10-11-26(35)24(2)28-19-36-15-17-40(28)31(42)38-16-14-33(43,32(20-38)12-6-7-13-32)21-39-22-37-27(18-30(39)41)25-8-4-5-9-29(25)44-3/h4-5,8-11,18,22,28,36,43H,2,6-7,12-17,19-21H2,1,3H3/b23-10+,26-11+/t28-,33+/m0/s1. The summed E-state index contributed by atoms with van der Waals surface area (Å²) < 4.78 is 34.9. The van der Waals surface area contributed by atoms with Crippen LogP contribution in [0.2, 0.25) is 0 Å². The zero-order valence-corrected chi connectivity index (χ0v) is 25.4. The van der Waals surface area contributed by atoms with Crippen LogP contribution in [-0.4, -0.2) is 82.0 Å². The smallest absolute Gasteiger partial charge is 0.320 e. The van der Waals surface area contributed by atoms with Gasteiger partial charge in [0.15, 0.2) is 0 Å². The first-order valence-electron chi connectivity index (χ1n) is 15.1. The first kappa shape index (κ1) is 31.6. The fourth-order valence-corrected chi connectivity index (χ4v) is 6.97. The number of carbonyl (C=O) groups is 1. The summed E-state index contributed by atoms with van der Waals surface area (Å²) in [6.07, 6.45) is 7.09. The lowest BCUT2D eigenvalue weighted by molar-refractivity contribution is -0.136. The topological polar surface area (TPSA) is 99.9 Å². The van der Waals surface area contributed by atoms with E-state index < -0.39 is 28.7 Å². The molecule has 1 aromatic carbocycles. The maximum Gasteiger partial charge on any atom is 0.320 e. The van der Waals surface area contributed by atoms with Gasteiger partial charge in [-0.3, -0.25) is 9.36 Å². The Labute approximate surface area is 256 Å². The molecule has 2 saturated heterocycles. The minimum Gasteiger partial charge on any atom is -0.496 e. The molecule has 11 heteroatoms. The average molecular weight is 610 g/mol. The van der Waals surface area contributed by atoms with E-state index in [9.17, 15) is 23.5 Å². The molecule has 2 N–H and O–H groups in total. The number of ether oxygens (including phenoxy) is 1. The van der Waals surface area contributed by atoms with E-state index in [0.717, 1.165) is 37.8 Å². The molecule has 44 heavy (non-hydrogen) atoms.